The molecule has 0 radical (unpaired) electrons. The zero-order valence-corrected chi connectivity index (χ0v) is 22.2. The highest BCUT2D eigenvalue weighted by Crippen LogP contribution is 2.45. The fourth-order valence-corrected chi connectivity index (χ4v) is 7.08. The Bertz CT molecular complexity index is 1340. The largest absolute Gasteiger partial charge is 0.483 e. The first-order chi connectivity index (χ1) is 17.9. The number of nitrogens with zero attached hydrogens (tertiary/aromatic N) is 4. The second-order valence-corrected chi connectivity index (χ2v) is 11.3. The summed E-state index contributed by atoms with van der Waals surface area (Å²) in [5.41, 5.74) is 5.80. The quantitative estimate of drug-likeness (QED) is 0.386. The number of carboxylic acid groups (broad SMARTS) is 1. The van der Waals surface area contributed by atoms with E-state index in [0.29, 0.717) is 25.4 Å². The van der Waals surface area contributed by atoms with Gasteiger partial charge in [0.15, 0.2) is 0 Å². The number of likely N-dealkylation sites (N-methyl/N-ethyl adjacent to an activating group) is 1. The lowest BCUT2D eigenvalue weighted by Crippen LogP contribution is -2.41. The van der Waals surface area contributed by atoms with Gasteiger partial charge in [-0.2, -0.15) is 0 Å². The van der Waals surface area contributed by atoms with Crippen LogP contribution >= 0.6 is 22.9 Å². The molecule has 10 heteroatoms. The summed E-state index contributed by atoms with van der Waals surface area (Å²) in [4.78, 5) is 44.6. The van der Waals surface area contributed by atoms with E-state index in [4.69, 9.17) is 21.5 Å². The van der Waals surface area contributed by atoms with Crippen molar-refractivity contribution in [1.29, 1.82) is 0 Å². The van der Waals surface area contributed by atoms with Crippen LogP contribution in [0.2, 0.25) is 5.02 Å². The van der Waals surface area contributed by atoms with E-state index in [1.807, 2.05) is 12.3 Å². The van der Waals surface area contributed by atoms with Gasteiger partial charge in [0.05, 0.1) is 16.8 Å². The smallest absolute Gasteiger partial charge is 0.290 e. The van der Waals surface area contributed by atoms with Gasteiger partial charge in [0, 0.05) is 64.9 Å². The molecule has 0 spiro atoms. The van der Waals surface area contributed by atoms with Gasteiger partial charge in [-0.25, -0.2) is 0 Å². The summed E-state index contributed by atoms with van der Waals surface area (Å²) in [6, 6.07) is 8.83. The van der Waals surface area contributed by atoms with Crippen molar-refractivity contribution in [2.45, 2.75) is 44.7 Å². The van der Waals surface area contributed by atoms with Crippen LogP contribution in [0.1, 0.15) is 36.1 Å². The number of aromatic nitrogens is 1. The lowest BCUT2D eigenvalue weighted by molar-refractivity contribution is -0.139. The van der Waals surface area contributed by atoms with Crippen LogP contribution in [0, 0.1) is 0 Å². The van der Waals surface area contributed by atoms with E-state index < -0.39 is 0 Å². The Morgan fingerprint density at radius 3 is 2.59 bits per heavy atom. The van der Waals surface area contributed by atoms with E-state index in [1.165, 1.54) is 22.6 Å². The highest BCUT2D eigenvalue weighted by Gasteiger charge is 2.32. The Kier molecular flexibility index (Phi) is 7.46. The lowest BCUT2D eigenvalue weighted by Gasteiger charge is -2.38. The SMILES string of the molecule is CN1CC[C@@H](N2CCCc3cc(Cl)cc(-c4ccnc5cc(CN6C(=O)CCC6=O)sc45)c32)C1.O=CO. The summed E-state index contributed by atoms with van der Waals surface area (Å²) in [7, 11) is 2.20. The number of rotatable bonds is 4. The van der Waals surface area contributed by atoms with Gasteiger partial charge in [0.25, 0.3) is 6.47 Å². The Balaban J connectivity index is 0.000000892. The minimum absolute atomic E-state index is 0.0864. The van der Waals surface area contributed by atoms with Crippen LogP contribution in [-0.4, -0.2) is 70.9 Å². The molecule has 2 fully saturated rings. The van der Waals surface area contributed by atoms with E-state index >= 15 is 0 Å². The topological polar surface area (TPSA) is 94.0 Å². The molecule has 37 heavy (non-hydrogen) atoms. The van der Waals surface area contributed by atoms with Crippen molar-refractivity contribution >= 4 is 57.1 Å². The van der Waals surface area contributed by atoms with Gasteiger partial charge in [-0.15, -0.1) is 11.3 Å². The number of aryl methyl sites for hydroxylation is 1. The minimum Gasteiger partial charge on any atom is -0.483 e. The van der Waals surface area contributed by atoms with E-state index in [1.54, 1.807) is 11.3 Å². The number of halogens is 1. The van der Waals surface area contributed by atoms with Crippen molar-refractivity contribution in [3.63, 3.8) is 0 Å². The number of anilines is 1. The number of benzene rings is 1. The van der Waals surface area contributed by atoms with Crippen molar-refractivity contribution in [2.75, 3.05) is 31.6 Å². The van der Waals surface area contributed by atoms with Gasteiger partial charge >= 0.3 is 0 Å². The van der Waals surface area contributed by atoms with Gasteiger partial charge < -0.3 is 14.9 Å². The predicted molar refractivity (Wildman–Crippen MR) is 145 cm³/mol. The Morgan fingerprint density at radius 2 is 1.89 bits per heavy atom. The molecule has 0 unspecified atom stereocenters. The number of imide groups is 1. The van der Waals surface area contributed by atoms with Gasteiger partial charge in [-0.3, -0.25) is 24.3 Å². The number of amides is 2. The molecule has 6 rings (SSSR count). The third-order valence-corrected chi connectivity index (χ3v) is 8.68. The van der Waals surface area contributed by atoms with Crippen LogP contribution in [0.15, 0.2) is 30.5 Å². The van der Waals surface area contributed by atoms with E-state index in [0.717, 1.165) is 63.7 Å². The molecule has 1 aromatic carbocycles. The summed E-state index contributed by atoms with van der Waals surface area (Å²) >= 11 is 8.27. The molecule has 3 aromatic rings. The van der Waals surface area contributed by atoms with Crippen LogP contribution < -0.4 is 4.90 Å². The zero-order valence-electron chi connectivity index (χ0n) is 20.7. The number of hydrogen-bond donors (Lipinski definition) is 1. The van der Waals surface area contributed by atoms with E-state index in [2.05, 4.69) is 40.0 Å². The van der Waals surface area contributed by atoms with E-state index in [9.17, 15) is 9.59 Å². The Hall–Kier alpha value is -3.01. The molecule has 194 valence electrons. The first-order valence-corrected chi connectivity index (χ1v) is 13.7. The van der Waals surface area contributed by atoms with Crippen LogP contribution in [0.5, 0.6) is 0 Å². The van der Waals surface area contributed by atoms with Crippen LogP contribution in [0.4, 0.5) is 5.69 Å². The van der Waals surface area contributed by atoms with E-state index in [-0.39, 0.29) is 18.3 Å². The summed E-state index contributed by atoms with van der Waals surface area (Å²) in [6.07, 6.45) is 5.82. The summed E-state index contributed by atoms with van der Waals surface area (Å²) in [5.74, 6) is -0.173. The number of hydrogen-bond acceptors (Lipinski definition) is 7. The monoisotopic (exact) mass is 540 g/mol. The molecule has 2 amide bonds. The third-order valence-electron chi connectivity index (χ3n) is 7.32. The molecule has 5 heterocycles. The number of likely N-dealkylation sites (tertiary alicyclic amines) is 2. The maximum Gasteiger partial charge on any atom is 0.290 e. The average Bonchev–Trinajstić information content (AvgIpc) is 3.58. The molecule has 0 aliphatic carbocycles. The van der Waals surface area contributed by atoms with Crippen molar-refractivity contribution < 1.29 is 19.5 Å². The number of carbonyl (C=O) groups is 3. The van der Waals surface area contributed by atoms with Crippen molar-refractivity contribution in [1.82, 2.24) is 14.8 Å². The average molecular weight is 541 g/mol. The minimum atomic E-state index is -0.250. The van der Waals surface area contributed by atoms with Crippen LogP contribution in [0.3, 0.4) is 0 Å². The fourth-order valence-electron chi connectivity index (χ4n) is 5.71. The number of pyridine rings is 1. The first-order valence-electron chi connectivity index (χ1n) is 12.5. The summed E-state index contributed by atoms with van der Waals surface area (Å²) in [6.45, 7) is 3.34. The van der Waals surface area contributed by atoms with Gasteiger partial charge in [-0.05, 0) is 62.7 Å². The second-order valence-electron chi connectivity index (χ2n) is 9.73. The third kappa shape index (κ3) is 5.08. The van der Waals surface area contributed by atoms with Crippen molar-refractivity contribution in [3.05, 3.63) is 45.9 Å². The number of carbonyl (C=O) groups excluding carboxylic acids is 2. The van der Waals surface area contributed by atoms with Gasteiger partial charge in [-0.1, -0.05) is 11.6 Å². The molecule has 3 aliphatic heterocycles. The van der Waals surface area contributed by atoms with Crippen LogP contribution in [-0.2, 0) is 27.3 Å². The highest BCUT2D eigenvalue weighted by atomic mass is 35.5. The molecule has 8 nitrogen and oxygen atoms in total. The molecular formula is C27H29ClN4O4S. The molecular weight excluding hydrogens is 512 g/mol. The number of fused-ring (bicyclic) bond motifs is 2. The molecule has 0 saturated carbocycles. The van der Waals surface area contributed by atoms with Crippen molar-refractivity contribution in [2.24, 2.45) is 0 Å². The summed E-state index contributed by atoms with van der Waals surface area (Å²) < 4.78 is 1.08. The second kappa shape index (κ2) is 10.8. The molecule has 3 aliphatic rings. The lowest BCUT2D eigenvalue weighted by atomic mass is 9.92. The normalized spacial score (nSPS) is 19.8. The van der Waals surface area contributed by atoms with Crippen molar-refractivity contribution in [3.8, 4) is 11.1 Å². The number of thiophene rings is 1. The predicted octanol–water partition coefficient (Wildman–Crippen LogP) is 4.42. The Morgan fingerprint density at radius 1 is 1.14 bits per heavy atom. The molecule has 1 atom stereocenters. The molecule has 1 N–H and O–H groups in total. The zero-order chi connectivity index (χ0) is 26.1. The Labute approximate surface area is 224 Å². The van der Waals surface area contributed by atoms with Crippen LogP contribution in [0.25, 0.3) is 21.3 Å². The fraction of sp³-hybridized carbons (Fsp3) is 0.407. The molecule has 2 aromatic heterocycles. The highest BCUT2D eigenvalue weighted by molar-refractivity contribution is 7.19. The first kappa shape index (κ1) is 25.6. The standard InChI is InChI=1S/C26H27ClN4O2S.CH2O2/c1-29-10-7-18(14-29)30-9-2-3-16-11-17(27)12-21(25(16)30)20-6-8-28-22-13-19(34-26(20)22)15-31-23(32)4-5-24(31)33;2-1-3/h6,8,11-13,18H,2-5,7,9-10,14-15H2,1H3;1H,(H,2,3)/t18-;/m1./s1. The maximum atomic E-state index is 12.1. The van der Waals surface area contributed by atoms with Gasteiger partial charge in [0.2, 0.25) is 11.8 Å². The summed E-state index contributed by atoms with van der Waals surface area (Å²) in [5, 5.41) is 7.65. The molecule has 2 saturated heterocycles. The maximum absolute atomic E-state index is 12.1. The van der Waals surface area contributed by atoms with Gasteiger partial charge in [0.1, 0.15) is 0 Å². The molecule has 0 bridgehead atoms.